The van der Waals surface area contributed by atoms with Gasteiger partial charge in [0.25, 0.3) is 5.56 Å². The average Bonchev–Trinajstić information content (AvgIpc) is 3.10. The van der Waals surface area contributed by atoms with Crippen LogP contribution in [0, 0.1) is 17.2 Å². The second-order valence-electron chi connectivity index (χ2n) is 9.53. The van der Waals surface area contributed by atoms with Crippen LogP contribution in [0.3, 0.4) is 0 Å². The van der Waals surface area contributed by atoms with Crippen LogP contribution in [0.1, 0.15) is 55.4 Å². The van der Waals surface area contributed by atoms with Crippen LogP contribution in [0.15, 0.2) is 23.0 Å². The molecular weight excluding hydrogens is 449 g/mol. The van der Waals surface area contributed by atoms with Crippen LogP contribution >= 0.6 is 22.9 Å². The number of aromatic nitrogens is 2. The number of benzene rings is 1. The molecule has 1 aliphatic carbocycles. The van der Waals surface area contributed by atoms with Gasteiger partial charge in [-0.15, -0.1) is 11.3 Å². The molecule has 0 saturated carbocycles. The lowest BCUT2D eigenvalue weighted by molar-refractivity contribution is -0.121. The lowest BCUT2D eigenvalue weighted by atomic mass is 9.72. The quantitative estimate of drug-likeness (QED) is 0.534. The molecule has 0 fully saturated rings. The molecular formula is C24H27ClFN3O2S. The van der Waals surface area contributed by atoms with E-state index in [2.05, 4.69) is 36.1 Å². The maximum Gasteiger partial charge on any atom is 0.259 e. The van der Waals surface area contributed by atoms with Gasteiger partial charge in [-0.3, -0.25) is 9.59 Å². The molecule has 1 atom stereocenters. The number of amides is 1. The van der Waals surface area contributed by atoms with E-state index in [-0.39, 0.29) is 34.9 Å². The second kappa shape index (κ2) is 8.94. The van der Waals surface area contributed by atoms with Crippen molar-refractivity contribution < 1.29 is 9.18 Å². The first-order chi connectivity index (χ1) is 15.1. The number of hydrogen-bond donors (Lipinski definition) is 2. The van der Waals surface area contributed by atoms with E-state index >= 15 is 0 Å². The van der Waals surface area contributed by atoms with E-state index in [9.17, 15) is 14.0 Å². The van der Waals surface area contributed by atoms with Crippen molar-refractivity contribution in [2.24, 2.45) is 11.3 Å². The number of halogens is 2. The van der Waals surface area contributed by atoms with Crippen LogP contribution in [0.2, 0.25) is 5.02 Å². The first-order valence-corrected chi connectivity index (χ1v) is 12.1. The molecule has 2 aromatic heterocycles. The Bertz CT molecular complexity index is 1230. The number of fused-ring (bicyclic) bond motifs is 3. The number of nitrogens with zero attached hydrogens (tertiary/aromatic N) is 1. The van der Waals surface area contributed by atoms with Gasteiger partial charge < -0.3 is 10.3 Å². The zero-order chi connectivity index (χ0) is 23.0. The highest BCUT2D eigenvalue weighted by Crippen LogP contribution is 2.41. The van der Waals surface area contributed by atoms with Crippen LogP contribution in [-0.2, 0) is 30.6 Å². The fourth-order valence-corrected chi connectivity index (χ4v) is 5.78. The van der Waals surface area contributed by atoms with Gasteiger partial charge in [-0.1, -0.05) is 38.4 Å². The number of carbonyl (C=O) groups excluding carboxylic acids is 1. The van der Waals surface area contributed by atoms with Crippen molar-refractivity contribution in [2.45, 2.75) is 59.4 Å². The smallest absolute Gasteiger partial charge is 0.259 e. The lowest BCUT2D eigenvalue weighted by Crippen LogP contribution is -2.26. The molecule has 0 unspecified atom stereocenters. The van der Waals surface area contributed by atoms with Gasteiger partial charge in [0.1, 0.15) is 16.5 Å². The standard InChI is InChI=1S/C24H27ClFN3O2S/c1-24(2,3)14-5-6-15-18(11-14)32-23-21(15)22(31)28-19(29-23)8-9-20(30)27-12-13-4-7-17(26)16(25)10-13/h4,7,10,14H,5-6,8-9,11-12H2,1-3H3,(H,27,30)(H,28,29,31)/t14-/m0/s1. The Morgan fingerprint density at radius 3 is 2.88 bits per heavy atom. The number of aryl methyl sites for hydroxylation is 2. The highest BCUT2D eigenvalue weighted by atomic mass is 35.5. The highest BCUT2D eigenvalue weighted by Gasteiger charge is 2.31. The molecule has 8 heteroatoms. The van der Waals surface area contributed by atoms with Crippen LogP contribution in [0.25, 0.3) is 10.2 Å². The SMILES string of the molecule is CC(C)(C)[C@H]1CCc2c(sc3nc(CCC(=O)NCc4ccc(F)c(Cl)c4)[nH]c(=O)c23)C1. The summed E-state index contributed by atoms with van der Waals surface area (Å²) in [5.41, 5.74) is 2.00. The third kappa shape index (κ3) is 4.89. The summed E-state index contributed by atoms with van der Waals surface area (Å²) < 4.78 is 13.2. The van der Waals surface area contributed by atoms with Gasteiger partial charge in [-0.2, -0.15) is 0 Å². The fraction of sp³-hybridized carbons (Fsp3) is 0.458. The van der Waals surface area contributed by atoms with E-state index in [1.807, 2.05) is 0 Å². The summed E-state index contributed by atoms with van der Waals surface area (Å²) in [6.45, 7) is 7.08. The van der Waals surface area contributed by atoms with Crippen molar-refractivity contribution in [3.8, 4) is 0 Å². The molecule has 0 aliphatic heterocycles. The van der Waals surface area contributed by atoms with Crippen LogP contribution in [0.4, 0.5) is 4.39 Å². The summed E-state index contributed by atoms with van der Waals surface area (Å²) >= 11 is 7.39. The highest BCUT2D eigenvalue weighted by molar-refractivity contribution is 7.18. The number of hydrogen-bond acceptors (Lipinski definition) is 4. The third-order valence-corrected chi connectivity index (χ3v) is 7.69. The second-order valence-corrected chi connectivity index (χ2v) is 11.0. The lowest BCUT2D eigenvalue weighted by Gasteiger charge is -2.33. The summed E-state index contributed by atoms with van der Waals surface area (Å²) in [7, 11) is 0. The zero-order valence-electron chi connectivity index (χ0n) is 18.5. The van der Waals surface area contributed by atoms with Crippen molar-refractivity contribution in [2.75, 3.05) is 0 Å². The van der Waals surface area contributed by atoms with E-state index in [4.69, 9.17) is 11.6 Å². The van der Waals surface area contributed by atoms with Gasteiger partial charge in [0.2, 0.25) is 5.91 Å². The van der Waals surface area contributed by atoms with Crippen molar-refractivity contribution in [1.82, 2.24) is 15.3 Å². The largest absolute Gasteiger partial charge is 0.352 e. The molecule has 32 heavy (non-hydrogen) atoms. The van der Waals surface area contributed by atoms with Crippen LogP contribution < -0.4 is 10.9 Å². The Balaban J connectivity index is 1.42. The molecule has 3 aromatic rings. The number of aromatic amines is 1. The number of nitrogens with one attached hydrogen (secondary N) is 2. The number of rotatable bonds is 5. The Labute approximate surface area is 195 Å². The molecule has 0 saturated heterocycles. The predicted octanol–water partition coefficient (Wildman–Crippen LogP) is 5.18. The molecule has 2 N–H and O–H groups in total. The van der Waals surface area contributed by atoms with Crippen molar-refractivity contribution in [1.29, 1.82) is 0 Å². The maximum absolute atomic E-state index is 13.2. The summed E-state index contributed by atoms with van der Waals surface area (Å²) in [6, 6.07) is 4.35. The van der Waals surface area contributed by atoms with E-state index in [1.54, 1.807) is 17.4 Å². The van der Waals surface area contributed by atoms with Gasteiger partial charge in [-0.05, 0) is 53.9 Å². The van der Waals surface area contributed by atoms with E-state index < -0.39 is 5.82 Å². The minimum absolute atomic E-state index is 0.0271. The molecule has 4 rings (SSSR count). The fourth-order valence-electron chi connectivity index (χ4n) is 4.26. The summed E-state index contributed by atoms with van der Waals surface area (Å²) in [5, 5.41) is 3.54. The zero-order valence-corrected chi connectivity index (χ0v) is 20.1. The van der Waals surface area contributed by atoms with Gasteiger partial charge in [0.05, 0.1) is 10.4 Å². The number of H-pyrrole nitrogens is 1. The van der Waals surface area contributed by atoms with E-state index in [0.717, 1.165) is 40.6 Å². The third-order valence-electron chi connectivity index (χ3n) is 6.26. The molecule has 0 radical (unpaired) electrons. The Morgan fingerprint density at radius 1 is 1.38 bits per heavy atom. The summed E-state index contributed by atoms with van der Waals surface area (Å²) in [6.07, 6.45) is 3.53. The topological polar surface area (TPSA) is 74.8 Å². The molecule has 0 bridgehead atoms. The minimum Gasteiger partial charge on any atom is -0.352 e. The van der Waals surface area contributed by atoms with E-state index in [0.29, 0.717) is 18.2 Å². The maximum atomic E-state index is 13.2. The van der Waals surface area contributed by atoms with Crippen LogP contribution in [-0.4, -0.2) is 15.9 Å². The molecule has 1 amide bonds. The molecule has 5 nitrogen and oxygen atoms in total. The molecule has 2 heterocycles. The van der Waals surface area contributed by atoms with Gasteiger partial charge in [0, 0.05) is 24.3 Å². The Hall–Kier alpha value is -2.25. The van der Waals surface area contributed by atoms with Gasteiger partial charge in [-0.25, -0.2) is 9.37 Å². The Morgan fingerprint density at radius 2 is 2.16 bits per heavy atom. The van der Waals surface area contributed by atoms with Crippen LogP contribution in [0.5, 0.6) is 0 Å². The van der Waals surface area contributed by atoms with Gasteiger partial charge >= 0.3 is 0 Å². The average molecular weight is 476 g/mol. The predicted molar refractivity (Wildman–Crippen MR) is 127 cm³/mol. The van der Waals surface area contributed by atoms with Crippen molar-refractivity contribution >= 4 is 39.1 Å². The number of thiophene rings is 1. The first kappa shape index (κ1) is 22.9. The van der Waals surface area contributed by atoms with Gasteiger partial charge in [0.15, 0.2) is 0 Å². The molecule has 0 spiro atoms. The van der Waals surface area contributed by atoms with Crippen molar-refractivity contribution in [3.63, 3.8) is 0 Å². The summed E-state index contributed by atoms with van der Waals surface area (Å²) in [4.78, 5) is 34.6. The Kier molecular flexibility index (Phi) is 6.41. The normalized spacial score (nSPS) is 16.2. The van der Waals surface area contributed by atoms with E-state index in [1.165, 1.54) is 17.0 Å². The first-order valence-electron chi connectivity index (χ1n) is 10.9. The summed E-state index contributed by atoms with van der Waals surface area (Å²) in [5.74, 6) is 0.456. The number of carbonyl (C=O) groups is 1. The molecule has 170 valence electrons. The minimum atomic E-state index is -0.489. The van der Waals surface area contributed by atoms with Crippen molar-refractivity contribution in [3.05, 3.63) is 61.2 Å². The molecule has 1 aromatic carbocycles. The monoisotopic (exact) mass is 475 g/mol. The molecule has 1 aliphatic rings.